The number of rotatable bonds is 0. The Labute approximate surface area is 113 Å². The van der Waals surface area contributed by atoms with Crippen molar-refractivity contribution < 1.29 is 0 Å². The summed E-state index contributed by atoms with van der Waals surface area (Å²) in [5.41, 5.74) is 0. The fourth-order valence-electron chi connectivity index (χ4n) is 3.38. The van der Waals surface area contributed by atoms with Crippen LogP contribution in [-0.4, -0.2) is 24.2 Å². The average molecular weight is 302 g/mol. The van der Waals surface area contributed by atoms with E-state index in [4.69, 9.17) is 0 Å². The van der Waals surface area contributed by atoms with Crippen LogP contribution in [0, 0.1) is 0 Å². The predicted octanol–water partition coefficient (Wildman–Crippen LogP) is 5.67. The van der Waals surface area contributed by atoms with Crippen LogP contribution in [-0.2, 0) is 0 Å². The van der Waals surface area contributed by atoms with E-state index >= 15 is 0 Å². The normalized spacial score (nSPS) is 13.5. The van der Waals surface area contributed by atoms with Gasteiger partial charge >= 0.3 is 26.9 Å². The number of hydrogen-bond acceptors (Lipinski definition) is 0. The van der Waals surface area contributed by atoms with Crippen LogP contribution in [0.25, 0.3) is 0 Å². The van der Waals surface area contributed by atoms with E-state index in [2.05, 4.69) is 73.8 Å². The van der Waals surface area contributed by atoms with E-state index in [1.165, 1.54) is 0 Å². The molecule has 0 aliphatic heterocycles. The van der Waals surface area contributed by atoms with Crippen molar-refractivity contribution in [2.75, 3.05) is 0 Å². The van der Waals surface area contributed by atoms with Gasteiger partial charge in [-0.2, -0.15) is 0 Å². The van der Waals surface area contributed by atoms with E-state index < -0.39 is 8.80 Å². The van der Waals surface area contributed by atoms with Crippen LogP contribution in [0.5, 0.6) is 0 Å². The van der Waals surface area contributed by atoms with Gasteiger partial charge in [0.15, 0.2) is 0 Å². The van der Waals surface area contributed by atoms with Gasteiger partial charge in [0.1, 0.15) is 0 Å². The molecular weight excluding hydrogens is 269 g/mol. The molecule has 0 N–H and O–H groups in total. The first-order valence-corrected chi connectivity index (χ1v) is 11.9. The zero-order valence-corrected chi connectivity index (χ0v) is 16.6. The minimum atomic E-state index is -0.391. The zero-order valence-electron chi connectivity index (χ0n) is 13.5. The van der Waals surface area contributed by atoms with Crippen LogP contribution >= 0.6 is 0 Å². The molecule has 0 nitrogen and oxygen atoms in total. The molecule has 0 spiro atoms. The molecule has 16 heavy (non-hydrogen) atoms. The molecule has 0 amide bonds. The molecule has 0 aliphatic carbocycles. The third-order valence-corrected chi connectivity index (χ3v) is 6.75. The Morgan fingerprint density at radius 3 is 0.688 bits per heavy atom. The van der Waals surface area contributed by atoms with E-state index in [1.807, 2.05) is 0 Å². The third-order valence-electron chi connectivity index (χ3n) is 2.25. The molecular formula is C14H33GeSi. The molecule has 0 aliphatic rings. The monoisotopic (exact) mass is 303 g/mol. The van der Waals surface area contributed by atoms with Gasteiger partial charge in [-0.05, 0) is 15.1 Å². The predicted molar refractivity (Wildman–Crippen MR) is 82.4 cm³/mol. The van der Waals surface area contributed by atoms with Crippen LogP contribution in [0.3, 0.4) is 0 Å². The van der Waals surface area contributed by atoms with Gasteiger partial charge in [0.05, 0.1) is 8.80 Å². The summed E-state index contributed by atoms with van der Waals surface area (Å²) in [7, 11) is -0.391. The molecule has 0 rings (SSSR count). The van der Waals surface area contributed by atoms with Crippen molar-refractivity contribution in [3.8, 4) is 0 Å². The summed E-state index contributed by atoms with van der Waals surface area (Å²) in [4.78, 5) is 0. The van der Waals surface area contributed by atoms with Gasteiger partial charge in [0, 0.05) is 0 Å². The standard InChI is InChI=1S/C12H27Si.C2H6Ge/c1-10(2,3)13(11(4,5)6)12(7,8)9;1-3-2/h1-9H3;1-2H3. The van der Waals surface area contributed by atoms with Gasteiger partial charge in [0.2, 0.25) is 0 Å². The molecule has 0 fully saturated rings. The Kier molecular flexibility index (Phi) is 7.92. The van der Waals surface area contributed by atoms with E-state index in [0.717, 1.165) is 0 Å². The van der Waals surface area contributed by atoms with E-state index in [0.29, 0.717) is 30.5 Å². The van der Waals surface area contributed by atoms with Gasteiger partial charge < -0.3 is 0 Å². The first-order valence-electron chi connectivity index (χ1n) is 6.25. The van der Waals surface area contributed by atoms with Crippen molar-refractivity contribution >= 4 is 24.2 Å². The summed E-state index contributed by atoms with van der Waals surface area (Å²) in [6, 6.07) is 0. The second-order valence-electron chi connectivity index (χ2n) is 7.62. The Hall–Kier alpha value is 0.760. The maximum atomic E-state index is 2.40. The summed E-state index contributed by atoms with van der Waals surface area (Å²) in [6.07, 6.45) is 0. The molecule has 2 heteroatoms. The topological polar surface area (TPSA) is 0 Å². The Morgan fingerprint density at radius 1 is 0.562 bits per heavy atom. The van der Waals surface area contributed by atoms with Gasteiger partial charge in [0.25, 0.3) is 0 Å². The minimum absolute atomic E-state index is 0.391. The average Bonchev–Trinajstić information content (AvgIpc) is 1.74. The molecule has 97 valence electrons. The summed E-state index contributed by atoms with van der Waals surface area (Å²) < 4.78 is 0. The first-order chi connectivity index (χ1) is 6.78. The SMILES string of the molecule is CC(C)(C)[Si](C(C)(C)C)C(C)(C)C.[CH3][Ge][CH3]. The van der Waals surface area contributed by atoms with Crippen molar-refractivity contribution in [3.63, 3.8) is 0 Å². The van der Waals surface area contributed by atoms with Crippen LogP contribution in [0.2, 0.25) is 26.6 Å². The maximum absolute atomic E-state index is 2.40. The fraction of sp³-hybridized carbons (Fsp3) is 1.00. The van der Waals surface area contributed by atoms with Crippen molar-refractivity contribution in [1.29, 1.82) is 0 Å². The second-order valence-corrected chi connectivity index (χ2v) is 15.0. The number of hydrogen-bond donors (Lipinski definition) is 0. The van der Waals surface area contributed by atoms with E-state index in [9.17, 15) is 0 Å². The first kappa shape index (κ1) is 19.1. The summed E-state index contributed by atoms with van der Waals surface area (Å²) in [5, 5.41) is 1.46. The van der Waals surface area contributed by atoms with E-state index in [-0.39, 0.29) is 0 Å². The van der Waals surface area contributed by atoms with Gasteiger partial charge in [-0.25, -0.2) is 0 Å². The van der Waals surface area contributed by atoms with Gasteiger partial charge in [-0.15, -0.1) is 0 Å². The van der Waals surface area contributed by atoms with Crippen molar-refractivity contribution in [2.24, 2.45) is 0 Å². The summed E-state index contributed by atoms with van der Waals surface area (Å²) in [6.45, 7) is 21.6. The van der Waals surface area contributed by atoms with Gasteiger partial charge in [-0.3, -0.25) is 0 Å². The van der Waals surface area contributed by atoms with Crippen LogP contribution < -0.4 is 0 Å². The molecule has 0 heterocycles. The Bertz CT molecular complexity index is 145. The van der Waals surface area contributed by atoms with Crippen LogP contribution in [0.15, 0.2) is 0 Å². The van der Waals surface area contributed by atoms with Crippen LogP contribution in [0.4, 0.5) is 0 Å². The molecule has 0 bridgehead atoms. The van der Waals surface area contributed by atoms with Crippen molar-refractivity contribution in [1.82, 2.24) is 0 Å². The summed E-state index contributed by atoms with van der Waals surface area (Å²) >= 11 is 0.500. The molecule has 0 aromatic carbocycles. The fourth-order valence-corrected chi connectivity index (χ4v) is 10.1. The molecule has 0 aromatic rings. The molecule has 0 saturated carbocycles. The quantitative estimate of drug-likeness (QED) is 0.506. The Morgan fingerprint density at radius 2 is 0.688 bits per heavy atom. The Balaban J connectivity index is 0. The molecule has 0 aromatic heterocycles. The molecule has 3 radical (unpaired) electrons. The molecule has 0 unspecified atom stereocenters. The van der Waals surface area contributed by atoms with E-state index in [1.54, 1.807) is 0 Å². The third kappa shape index (κ3) is 7.94. The van der Waals surface area contributed by atoms with Crippen molar-refractivity contribution in [3.05, 3.63) is 0 Å². The van der Waals surface area contributed by atoms with Crippen LogP contribution in [0.1, 0.15) is 62.3 Å². The zero-order chi connectivity index (χ0) is 13.8. The second kappa shape index (κ2) is 6.63. The van der Waals surface area contributed by atoms with Gasteiger partial charge in [-0.1, -0.05) is 62.3 Å². The molecule has 0 saturated heterocycles. The summed E-state index contributed by atoms with van der Waals surface area (Å²) in [5.74, 6) is 4.50. The van der Waals surface area contributed by atoms with Crippen molar-refractivity contribution in [2.45, 2.75) is 88.9 Å². The molecule has 0 atom stereocenters.